The molecule has 2 aromatic carbocycles. The van der Waals surface area contributed by atoms with Gasteiger partial charge in [0.25, 0.3) is 5.91 Å². The molecule has 3 heterocycles. The Balaban J connectivity index is 1.20. The van der Waals surface area contributed by atoms with Gasteiger partial charge in [-0.3, -0.25) is 24.1 Å². The minimum atomic E-state index is -4.22. The second kappa shape index (κ2) is 16.9. The van der Waals surface area contributed by atoms with Crippen molar-refractivity contribution in [3.8, 4) is 22.8 Å². The van der Waals surface area contributed by atoms with Gasteiger partial charge >= 0.3 is 6.09 Å². The van der Waals surface area contributed by atoms with Crippen molar-refractivity contribution >= 4 is 44.7 Å². The number of nitrogens with zero attached hydrogens (tertiary/aromatic N) is 3. The van der Waals surface area contributed by atoms with Crippen LogP contribution in [0.4, 0.5) is 4.79 Å². The topological polar surface area (TPSA) is 195 Å². The molecule has 3 N–H and O–H groups in total. The SMILES string of the molecule is C=CC1CC1(NC(=O)C1CC(Oc2cc(-c3ccccc3)nc3cc(OC)ccc23)CN1C(=O)C(NC(=O)OC(C)(C)C)C(C)(C)C)C(=O)NS(=O)(=O)C1(Cc2ccccn2)CC1. The maximum absolute atomic E-state index is 14.8. The second-order valence-electron chi connectivity index (χ2n) is 18.8. The smallest absolute Gasteiger partial charge is 0.408 e. The fourth-order valence-corrected chi connectivity index (χ4v) is 9.74. The Labute approximate surface area is 368 Å². The van der Waals surface area contributed by atoms with E-state index in [1.807, 2.05) is 42.5 Å². The van der Waals surface area contributed by atoms with Gasteiger partial charge in [-0.2, -0.15) is 0 Å². The van der Waals surface area contributed by atoms with Crippen LogP contribution < -0.4 is 24.8 Å². The van der Waals surface area contributed by atoms with E-state index < -0.39 is 79.2 Å². The van der Waals surface area contributed by atoms with Crippen molar-refractivity contribution in [1.82, 2.24) is 30.2 Å². The second-order valence-corrected chi connectivity index (χ2v) is 20.9. The molecule has 0 bridgehead atoms. The molecule has 4 aromatic rings. The summed E-state index contributed by atoms with van der Waals surface area (Å²) in [5, 5.41) is 6.27. The molecule has 5 atom stereocenters. The zero-order valence-electron chi connectivity index (χ0n) is 36.8. The number of nitrogens with one attached hydrogen (secondary N) is 3. The number of ether oxygens (including phenoxy) is 3. The third-order valence-corrected chi connectivity index (χ3v) is 14.0. The van der Waals surface area contributed by atoms with E-state index in [4.69, 9.17) is 19.2 Å². The van der Waals surface area contributed by atoms with Crippen LogP contribution in [-0.2, 0) is 35.6 Å². The van der Waals surface area contributed by atoms with Gasteiger partial charge in [0, 0.05) is 53.7 Å². The average Bonchev–Trinajstić information content (AvgIpc) is 4.13. The van der Waals surface area contributed by atoms with Crippen molar-refractivity contribution in [3.05, 3.63) is 97.3 Å². The summed E-state index contributed by atoms with van der Waals surface area (Å²) in [5.41, 5.74) is -0.714. The molecule has 0 spiro atoms. The molecule has 5 unspecified atom stereocenters. The van der Waals surface area contributed by atoms with Gasteiger partial charge in [-0.1, -0.05) is 63.2 Å². The molecule has 3 fully saturated rings. The number of benzene rings is 2. The summed E-state index contributed by atoms with van der Waals surface area (Å²) in [6.07, 6.45) is 2.42. The highest BCUT2D eigenvalue weighted by molar-refractivity contribution is 7.91. The number of sulfonamides is 1. The molecule has 63 heavy (non-hydrogen) atoms. The largest absolute Gasteiger partial charge is 0.497 e. The van der Waals surface area contributed by atoms with E-state index in [9.17, 15) is 27.6 Å². The number of fused-ring (bicyclic) bond motifs is 1. The lowest BCUT2D eigenvalue weighted by Crippen LogP contribution is -2.60. The molecular weight excluding hydrogens is 825 g/mol. The van der Waals surface area contributed by atoms with Crippen LogP contribution in [0.1, 0.15) is 72.9 Å². The summed E-state index contributed by atoms with van der Waals surface area (Å²) in [7, 11) is -2.65. The third-order valence-electron chi connectivity index (χ3n) is 11.8. The average molecular weight is 881 g/mol. The van der Waals surface area contributed by atoms with E-state index in [0.717, 1.165) is 5.56 Å². The number of carbonyl (C=O) groups is 4. The summed E-state index contributed by atoms with van der Waals surface area (Å²) in [6, 6.07) is 19.7. The first kappa shape index (κ1) is 45.0. The highest BCUT2D eigenvalue weighted by atomic mass is 32.2. The predicted molar refractivity (Wildman–Crippen MR) is 237 cm³/mol. The van der Waals surface area contributed by atoms with Gasteiger partial charge < -0.3 is 29.7 Å². The Morgan fingerprint density at radius 3 is 2.30 bits per heavy atom. The monoisotopic (exact) mass is 880 g/mol. The fraction of sp³-hybridized carbons (Fsp3) is 0.447. The van der Waals surface area contributed by atoms with Crippen LogP contribution in [0.5, 0.6) is 11.5 Å². The van der Waals surface area contributed by atoms with Crippen LogP contribution in [0.25, 0.3) is 22.2 Å². The van der Waals surface area contributed by atoms with Crippen LogP contribution in [0.15, 0.2) is 91.6 Å². The summed E-state index contributed by atoms with van der Waals surface area (Å²) in [6.45, 7) is 14.3. The first-order valence-corrected chi connectivity index (χ1v) is 22.6. The van der Waals surface area contributed by atoms with Crippen molar-refractivity contribution < 1.29 is 41.8 Å². The molecular formula is C47H56N6O9S. The van der Waals surface area contributed by atoms with Crippen LogP contribution in [0, 0.1) is 11.3 Å². The normalized spacial score (nSPS) is 22.0. The summed E-state index contributed by atoms with van der Waals surface area (Å²) in [5.74, 6) is -1.70. The van der Waals surface area contributed by atoms with E-state index >= 15 is 0 Å². The summed E-state index contributed by atoms with van der Waals surface area (Å²) >= 11 is 0. The van der Waals surface area contributed by atoms with Gasteiger partial charge in [0.05, 0.1) is 29.6 Å². The highest BCUT2D eigenvalue weighted by Gasteiger charge is 2.64. The standard InChI is InChI=1S/C47H56N6O9S/c1-9-30-26-47(30,42(56)52-63(58,59)46(20-21-46)27-31-17-13-14-22-48-31)51-40(54)37-24-33(28-53(37)41(55)39(44(2,3)4)50-43(57)62-45(5,6)7)61-38-25-35(29-15-11-10-12-16-29)49-36-23-32(60-8)18-19-34(36)38/h9-19,22-23,25,30,33,37,39H,1,20-21,24,26-28H2,2-8H3,(H,50,57)(H,51,54)(H,52,56). The first-order chi connectivity index (χ1) is 29.7. The number of carbonyl (C=O) groups excluding carboxylic acids is 4. The minimum Gasteiger partial charge on any atom is -0.497 e. The number of alkyl carbamates (subject to hydrolysis) is 1. The minimum absolute atomic E-state index is 0.0105. The van der Waals surface area contributed by atoms with E-state index in [1.54, 1.807) is 85.2 Å². The van der Waals surface area contributed by atoms with Gasteiger partial charge in [0.2, 0.25) is 21.8 Å². The number of amides is 4. The summed E-state index contributed by atoms with van der Waals surface area (Å²) in [4.78, 5) is 67.4. The Kier molecular flexibility index (Phi) is 12.1. The molecule has 16 heteroatoms. The molecule has 2 saturated carbocycles. The number of methoxy groups -OCH3 is 1. The molecule has 15 nitrogen and oxygen atoms in total. The molecule has 334 valence electrons. The Bertz CT molecular complexity index is 2520. The van der Waals surface area contributed by atoms with Crippen molar-refractivity contribution in [1.29, 1.82) is 0 Å². The van der Waals surface area contributed by atoms with Crippen molar-refractivity contribution in [2.24, 2.45) is 11.3 Å². The Hall–Kier alpha value is -6.03. The lowest BCUT2D eigenvalue weighted by molar-refractivity contribution is -0.143. The molecule has 1 aliphatic heterocycles. The fourth-order valence-electron chi connectivity index (χ4n) is 8.12. The van der Waals surface area contributed by atoms with Gasteiger partial charge in [0.1, 0.15) is 40.8 Å². The highest BCUT2D eigenvalue weighted by Crippen LogP contribution is 2.48. The zero-order valence-corrected chi connectivity index (χ0v) is 37.6. The lowest BCUT2D eigenvalue weighted by Gasteiger charge is -2.36. The predicted octanol–water partition coefficient (Wildman–Crippen LogP) is 5.88. The molecule has 2 aromatic heterocycles. The van der Waals surface area contributed by atoms with Crippen molar-refractivity contribution in [2.45, 2.75) is 108 Å². The van der Waals surface area contributed by atoms with Crippen LogP contribution in [-0.4, -0.2) is 94.8 Å². The molecule has 3 aliphatic rings. The maximum Gasteiger partial charge on any atom is 0.408 e. The number of hydrogen-bond donors (Lipinski definition) is 3. The van der Waals surface area contributed by atoms with Gasteiger partial charge in [0.15, 0.2) is 0 Å². The van der Waals surface area contributed by atoms with Crippen LogP contribution >= 0.6 is 0 Å². The Morgan fingerprint density at radius 2 is 1.70 bits per heavy atom. The molecule has 7 rings (SSSR count). The zero-order chi connectivity index (χ0) is 45.5. The molecule has 1 saturated heterocycles. The first-order valence-electron chi connectivity index (χ1n) is 21.1. The van der Waals surface area contributed by atoms with E-state index in [0.29, 0.717) is 46.6 Å². The van der Waals surface area contributed by atoms with E-state index in [2.05, 4.69) is 26.9 Å². The lowest BCUT2D eigenvalue weighted by atomic mass is 9.85. The van der Waals surface area contributed by atoms with Gasteiger partial charge in [-0.25, -0.2) is 18.2 Å². The Morgan fingerprint density at radius 1 is 0.984 bits per heavy atom. The van der Waals surface area contributed by atoms with Crippen molar-refractivity contribution in [3.63, 3.8) is 0 Å². The van der Waals surface area contributed by atoms with E-state index in [-0.39, 0.29) is 25.8 Å². The van der Waals surface area contributed by atoms with Crippen LogP contribution in [0.2, 0.25) is 0 Å². The number of pyridine rings is 2. The summed E-state index contributed by atoms with van der Waals surface area (Å²) < 4.78 is 46.6. The molecule has 0 radical (unpaired) electrons. The number of aromatic nitrogens is 2. The quantitative estimate of drug-likeness (QED) is 0.128. The van der Waals surface area contributed by atoms with Gasteiger partial charge in [-0.05, 0) is 69.7 Å². The van der Waals surface area contributed by atoms with Crippen LogP contribution in [0.3, 0.4) is 0 Å². The number of likely N-dealkylation sites (tertiary alicyclic amines) is 1. The molecule has 2 aliphatic carbocycles. The number of hydrogen-bond acceptors (Lipinski definition) is 11. The van der Waals surface area contributed by atoms with Gasteiger partial charge in [-0.15, -0.1) is 6.58 Å². The molecule has 4 amide bonds. The third kappa shape index (κ3) is 9.65. The van der Waals surface area contributed by atoms with Crippen molar-refractivity contribution in [2.75, 3.05) is 13.7 Å². The van der Waals surface area contributed by atoms with E-state index in [1.165, 1.54) is 11.0 Å². The maximum atomic E-state index is 14.8. The number of rotatable bonds is 14.